The molecule has 0 aromatic heterocycles. The van der Waals surface area contributed by atoms with Crippen LogP contribution in [-0.4, -0.2) is 27.2 Å². The number of sulfonamides is 1. The van der Waals surface area contributed by atoms with Crippen LogP contribution in [0.1, 0.15) is 22.8 Å². The number of carbonyl (C=O) groups excluding carboxylic acids is 1. The van der Waals surface area contributed by atoms with Gasteiger partial charge in [-0.05, 0) is 55.8 Å². The Morgan fingerprint density at radius 2 is 1.92 bits per heavy atom. The lowest BCUT2D eigenvalue weighted by atomic mass is 10.1. The van der Waals surface area contributed by atoms with Gasteiger partial charge in [0, 0.05) is 10.7 Å². The number of nitrogens with one attached hydrogen (secondary N) is 2. The molecule has 1 amide bonds. The normalized spacial score (nSPS) is 11.0. The number of rotatable bonds is 6. The average Bonchev–Trinajstić information content (AvgIpc) is 2.57. The van der Waals surface area contributed by atoms with Gasteiger partial charge in [-0.25, -0.2) is 8.42 Å². The van der Waals surface area contributed by atoms with Crippen LogP contribution < -0.4 is 14.8 Å². The van der Waals surface area contributed by atoms with Gasteiger partial charge in [0.25, 0.3) is 5.91 Å². The van der Waals surface area contributed by atoms with Crippen LogP contribution in [0.3, 0.4) is 0 Å². The fraction of sp³-hybridized carbons (Fsp3) is 0.235. The molecule has 0 aliphatic carbocycles. The molecule has 8 heteroatoms. The summed E-state index contributed by atoms with van der Waals surface area (Å²) in [6.07, 6.45) is 0. The van der Waals surface area contributed by atoms with Crippen molar-refractivity contribution >= 4 is 38.9 Å². The Balaban J connectivity index is 2.22. The topological polar surface area (TPSA) is 84.5 Å². The van der Waals surface area contributed by atoms with E-state index in [2.05, 4.69) is 10.0 Å². The first kappa shape index (κ1) is 19.1. The Morgan fingerprint density at radius 1 is 1.20 bits per heavy atom. The van der Waals surface area contributed by atoms with Crippen molar-refractivity contribution in [1.82, 2.24) is 0 Å². The van der Waals surface area contributed by atoms with E-state index in [9.17, 15) is 13.2 Å². The first-order valence-electron chi connectivity index (χ1n) is 7.51. The van der Waals surface area contributed by atoms with Gasteiger partial charge in [-0.2, -0.15) is 0 Å². The number of ether oxygens (including phenoxy) is 1. The number of aryl methyl sites for hydroxylation is 1. The molecule has 0 saturated heterocycles. The zero-order valence-electron chi connectivity index (χ0n) is 14.1. The summed E-state index contributed by atoms with van der Waals surface area (Å²) in [5.74, 6) is 0.0195. The number of hydrogen-bond acceptors (Lipinski definition) is 4. The molecule has 0 atom stereocenters. The van der Waals surface area contributed by atoms with Crippen molar-refractivity contribution in [2.45, 2.75) is 13.8 Å². The summed E-state index contributed by atoms with van der Waals surface area (Å²) in [6.45, 7) is 3.31. The summed E-state index contributed by atoms with van der Waals surface area (Å²) < 4.78 is 31.0. The van der Waals surface area contributed by atoms with Crippen molar-refractivity contribution < 1.29 is 17.9 Å². The van der Waals surface area contributed by atoms with Crippen LogP contribution >= 0.6 is 11.6 Å². The highest BCUT2D eigenvalue weighted by atomic mass is 35.5. The molecular weight excluding hydrogens is 364 g/mol. The molecule has 134 valence electrons. The maximum atomic E-state index is 12.5. The van der Waals surface area contributed by atoms with Crippen LogP contribution in [0, 0.1) is 6.92 Å². The van der Waals surface area contributed by atoms with Crippen molar-refractivity contribution in [2.75, 3.05) is 22.9 Å². The van der Waals surface area contributed by atoms with Crippen LogP contribution in [0.2, 0.25) is 5.02 Å². The number of methoxy groups -OCH3 is 1. The fourth-order valence-electron chi connectivity index (χ4n) is 2.15. The first-order valence-corrected chi connectivity index (χ1v) is 9.55. The summed E-state index contributed by atoms with van der Waals surface area (Å²) >= 11 is 5.94. The van der Waals surface area contributed by atoms with Crippen LogP contribution in [0.25, 0.3) is 0 Å². The molecule has 0 unspecified atom stereocenters. The van der Waals surface area contributed by atoms with Crippen LogP contribution in [0.15, 0.2) is 36.4 Å². The van der Waals surface area contributed by atoms with Crippen molar-refractivity contribution in [3.05, 3.63) is 52.5 Å². The van der Waals surface area contributed by atoms with Crippen LogP contribution in [0.4, 0.5) is 11.4 Å². The minimum atomic E-state index is -3.36. The van der Waals surface area contributed by atoms with Crippen molar-refractivity contribution in [2.24, 2.45) is 0 Å². The highest BCUT2D eigenvalue weighted by molar-refractivity contribution is 7.92. The summed E-state index contributed by atoms with van der Waals surface area (Å²) in [4.78, 5) is 12.5. The van der Waals surface area contributed by atoms with Gasteiger partial charge in [-0.15, -0.1) is 0 Å². The minimum absolute atomic E-state index is 0.0144. The average molecular weight is 383 g/mol. The number of halogens is 1. The highest BCUT2D eigenvalue weighted by Gasteiger charge is 2.14. The maximum Gasteiger partial charge on any atom is 0.259 e. The summed E-state index contributed by atoms with van der Waals surface area (Å²) in [6, 6.07) is 9.68. The lowest BCUT2D eigenvalue weighted by Crippen LogP contribution is -2.16. The molecule has 2 aromatic carbocycles. The zero-order valence-corrected chi connectivity index (χ0v) is 15.7. The highest BCUT2D eigenvalue weighted by Crippen LogP contribution is 2.25. The Morgan fingerprint density at radius 3 is 2.52 bits per heavy atom. The van der Waals surface area contributed by atoms with Gasteiger partial charge in [-0.3, -0.25) is 9.52 Å². The van der Waals surface area contributed by atoms with Crippen LogP contribution in [0.5, 0.6) is 5.75 Å². The lowest BCUT2D eigenvalue weighted by molar-refractivity contribution is 0.102. The quantitative estimate of drug-likeness (QED) is 0.798. The van der Waals surface area contributed by atoms with Crippen molar-refractivity contribution in [3.63, 3.8) is 0 Å². The molecule has 6 nitrogen and oxygen atoms in total. The molecule has 0 aliphatic heterocycles. The third-order valence-electron chi connectivity index (χ3n) is 3.54. The first-order chi connectivity index (χ1) is 11.8. The molecule has 0 bridgehead atoms. The molecule has 0 spiro atoms. The molecule has 0 radical (unpaired) electrons. The number of hydrogen-bond donors (Lipinski definition) is 2. The Bertz CT molecular complexity index is 898. The fourth-order valence-corrected chi connectivity index (χ4v) is 3.03. The Hall–Kier alpha value is -2.25. The van der Waals surface area contributed by atoms with Crippen molar-refractivity contribution in [1.29, 1.82) is 0 Å². The largest absolute Gasteiger partial charge is 0.496 e. The summed E-state index contributed by atoms with van der Waals surface area (Å²) in [5.41, 5.74) is 2.00. The molecule has 0 aliphatic rings. The Labute approximate surface area is 152 Å². The number of amides is 1. The van der Waals surface area contributed by atoms with Crippen molar-refractivity contribution in [3.8, 4) is 5.75 Å². The van der Waals surface area contributed by atoms with Gasteiger partial charge in [0.15, 0.2) is 0 Å². The number of carbonyl (C=O) groups is 1. The molecular formula is C17H19ClN2O4S. The van der Waals surface area contributed by atoms with E-state index in [-0.39, 0.29) is 11.7 Å². The van der Waals surface area contributed by atoms with E-state index >= 15 is 0 Å². The van der Waals surface area contributed by atoms with Gasteiger partial charge in [0.05, 0.1) is 24.1 Å². The molecule has 2 aromatic rings. The minimum Gasteiger partial charge on any atom is -0.496 e. The molecule has 0 saturated carbocycles. The number of benzene rings is 2. The van der Waals surface area contributed by atoms with Gasteiger partial charge in [0.2, 0.25) is 10.0 Å². The molecule has 25 heavy (non-hydrogen) atoms. The number of anilines is 2. The van der Waals surface area contributed by atoms with Gasteiger partial charge < -0.3 is 10.1 Å². The lowest BCUT2D eigenvalue weighted by Gasteiger charge is -2.13. The van der Waals surface area contributed by atoms with E-state index in [0.717, 1.165) is 0 Å². The van der Waals surface area contributed by atoms with E-state index < -0.39 is 10.0 Å². The molecule has 2 N–H and O–H groups in total. The third kappa shape index (κ3) is 4.87. The SMILES string of the molecule is CCS(=O)(=O)Nc1ccc(NC(=O)c2cc(Cl)ccc2OC)cc1C. The van der Waals surface area contributed by atoms with Gasteiger partial charge in [-0.1, -0.05) is 11.6 Å². The summed E-state index contributed by atoms with van der Waals surface area (Å²) in [7, 11) is -1.89. The predicted octanol–water partition coefficient (Wildman–Crippen LogP) is 3.67. The predicted molar refractivity (Wildman–Crippen MR) is 100 cm³/mol. The van der Waals surface area contributed by atoms with E-state index in [0.29, 0.717) is 33.3 Å². The van der Waals surface area contributed by atoms with E-state index in [1.165, 1.54) is 13.2 Å². The second-order valence-electron chi connectivity index (χ2n) is 5.33. The van der Waals surface area contributed by atoms with E-state index in [1.54, 1.807) is 44.2 Å². The van der Waals surface area contributed by atoms with Crippen LogP contribution in [-0.2, 0) is 10.0 Å². The third-order valence-corrected chi connectivity index (χ3v) is 5.06. The Kier molecular flexibility index (Phi) is 5.92. The van der Waals surface area contributed by atoms with Gasteiger partial charge in [0.1, 0.15) is 5.75 Å². The van der Waals surface area contributed by atoms with E-state index in [4.69, 9.17) is 16.3 Å². The smallest absolute Gasteiger partial charge is 0.259 e. The molecule has 0 fully saturated rings. The van der Waals surface area contributed by atoms with Gasteiger partial charge >= 0.3 is 0 Å². The van der Waals surface area contributed by atoms with E-state index in [1.807, 2.05) is 0 Å². The second-order valence-corrected chi connectivity index (χ2v) is 7.78. The zero-order chi connectivity index (χ0) is 18.6. The standard InChI is InChI=1S/C17H19ClN2O4S/c1-4-25(22,23)20-15-7-6-13(9-11(15)2)19-17(21)14-10-12(18)5-8-16(14)24-3/h5-10,20H,4H2,1-3H3,(H,19,21). The second kappa shape index (κ2) is 7.76. The summed E-state index contributed by atoms with van der Waals surface area (Å²) in [5, 5.41) is 3.17. The monoisotopic (exact) mass is 382 g/mol. The maximum absolute atomic E-state index is 12.5. The molecule has 2 rings (SSSR count). The molecule has 0 heterocycles.